The van der Waals surface area contributed by atoms with Gasteiger partial charge in [0, 0.05) is 12.8 Å². The predicted octanol–water partition coefficient (Wildman–Crippen LogP) is 2.71. The molecule has 0 aliphatic heterocycles. The largest absolute Gasteiger partial charge is 0.300 e. The van der Waals surface area contributed by atoms with Crippen LogP contribution >= 0.6 is 0 Å². The molecule has 1 heteroatoms. The molecule has 1 spiro atoms. The normalized spacial score (nSPS) is 47.8. The molecule has 2 fully saturated rings. The summed E-state index contributed by atoms with van der Waals surface area (Å²) in [6, 6.07) is 0. The lowest BCUT2D eigenvalue weighted by Gasteiger charge is -2.36. The number of hydrogen-bond donors (Lipinski definition) is 0. The molecule has 0 saturated heterocycles. The highest BCUT2D eigenvalue weighted by Crippen LogP contribution is 2.60. The molecule has 3 aliphatic carbocycles. The number of hydrogen-bond acceptors (Lipinski definition) is 1. The van der Waals surface area contributed by atoms with Gasteiger partial charge in [-0.15, -0.1) is 0 Å². The molecule has 13 heavy (non-hydrogen) atoms. The van der Waals surface area contributed by atoms with Crippen LogP contribution in [0, 0.1) is 17.3 Å². The summed E-state index contributed by atoms with van der Waals surface area (Å²) in [6.07, 6.45) is 11.5. The Labute approximate surface area is 79.2 Å². The number of Topliss-reactive ketones (excluding diaryl/α,β-unsaturated/α-hetero) is 1. The quantitative estimate of drug-likeness (QED) is 0.519. The summed E-state index contributed by atoms with van der Waals surface area (Å²) < 4.78 is 0. The number of rotatable bonds is 0. The third-order valence-corrected chi connectivity index (χ3v) is 4.58. The van der Waals surface area contributed by atoms with Crippen LogP contribution < -0.4 is 0 Å². The number of allylic oxidation sites excluding steroid dienone is 2. The Hall–Kier alpha value is -0.590. The van der Waals surface area contributed by atoms with Crippen LogP contribution in [0.4, 0.5) is 0 Å². The van der Waals surface area contributed by atoms with Gasteiger partial charge < -0.3 is 0 Å². The zero-order chi connectivity index (χ0) is 8.89. The van der Waals surface area contributed by atoms with Gasteiger partial charge in [-0.05, 0) is 42.9 Å². The van der Waals surface area contributed by atoms with Gasteiger partial charge in [0.1, 0.15) is 5.78 Å². The average Bonchev–Trinajstić information content (AvgIpc) is 2.57. The Bertz CT molecular complexity index is 275. The van der Waals surface area contributed by atoms with E-state index in [1.54, 1.807) is 0 Å². The molecule has 3 atom stereocenters. The molecule has 0 amide bonds. The van der Waals surface area contributed by atoms with Gasteiger partial charge in [0.25, 0.3) is 0 Å². The molecular formula is C12H16O. The Morgan fingerprint density at radius 2 is 2.08 bits per heavy atom. The first kappa shape index (κ1) is 7.78. The topological polar surface area (TPSA) is 17.1 Å². The van der Waals surface area contributed by atoms with Gasteiger partial charge in [0.05, 0.1) is 0 Å². The van der Waals surface area contributed by atoms with E-state index in [4.69, 9.17) is 0 Å². The molecule has 2 saturated carbocycles. The minimum absolute atomic E-state index is 0.436. The van der Waals surface area contributed by atoms with Gasteiger partial charge in [-0.25, -0.2) is 0 Å². The number of carbonyl (C=O) groups excluding carboxylic acids is 1. The first-order valence-corrected chi connectivity index (χ1v) is 5.48. The fourth-order valence-electron chi connectivity index (χ4n) is 3.94. The summed E-state index contributed by atoms with van der Waals surface area (Å²) in [7, 11) is 0. The standard InChI is InChI=1S/C12H16O/c13-11-7-10-5-4-9-3-1-2-6-12(9,10)8-11/h1-2,9-10H,3-8H2. The van der Waals surface area contributed by atoms with Crippen LogP contribution in [0.5, 0.6) is 0 Å². The average molecular weight is 176 g/mol. The SMILES string of the molecule is O=C1CC2CCC3CC=CCC32C1. The molecule has 3 unspecified atom stereocenters. The van der Waals surface area contributed by atoms with E-state index in [1.165, 1.54) is 25.7 Å². The van der Waals surface area contributed by atoms with Crippen LogP contribution in [0.3, 0.4) is 0 Å². The molecule has 3 rings (SSSR count). The smallest absolute Gasteiger partial charge is 0.133 e. The van der Waals surface area contributed by atoms with Gasteiger partial charge in [-0.2, -0.15) is 0 Å². The van der Waals surface area contributed by atoms with Crippen molar-refractivity contribution in [3.63, 3.8) is 0 Å². The van der Waals surface area contributed by atoms with Crippen LogP contribution in [0.25, 0.3) is 0 Å². The lowest BCUT2D eigenvalue weighted by atomic mass is 9.68. The van der Waals surface area contributed by atoms with Crippen molar-refractivity contribution in [3.8, 4) is 0 Å². The Balaban J connectivity index is 1.99. The van der Waals surface area contributed by atoms with Crippen LogP contribution in [0.15, 0.2) is 12.2 Å². The summed E-state index contributed by atoms with van der Waals surface area (Å²) in [6.45, 7) is 0. The van der Waals surface area contributed by atoms with Crippen LogP contribution in [0.2, 0.25) is 0 Å². The van der Waals surface area contributed by atoms with E-state index in [-0.39, 0.29) is 0 Å². The molecule has 3 aliphatic rings. The monoisotopic (exact) mass is 176 g/mol. The van der Waals surface area contributed by atoms with E-state index in [9.17, 15) is 4.79 Å². The lowest BCUT2D eigenvalue weighted by Crippen LogP contribution is -2.29. The molecule has 0 aromatic rings. The van der Waals surface area contributed by atoms with E-state index in [2.05, 4.69) is 12.2 Å². The van der Waals surface area contributed by atoms with Crippen LogP contribution in [-0.4, -0.2) is 5.78 Å². The second-order valence-corrected chi connectivity index (χ2v) is 5.04. The minimum atomic E-state index is 0.436. The van der Waals surface area contributed by atoms with E-state index in [1.807, 2.05) is 0 Å². The van der Waals surface area contributed by atoms with Crippen LogP contribution in [-0.2, 0) is 4.79 Å². The van der Waals surface area contributed by atoms with E-state index >= 15 is 0 Å². The molecule has 0 N–H and O–H groups in total. The second-order valence-electron chi connectivity index (χ2n) is 5.04. The van der Waals surface area contributed by atoms with Crippen molar-refractivity contribution >= 4 is 5.78 Å². The second kappa shape index (κ2) is 2.46. The van der Waals surface area contributed by atoms with Crippen molar-refractivity contribution in [1.29, 1.82) is 0 Å². The van der Waals surface area contributed by atoms with Gasteiger partial charge in [0.15, 0.2) is 0 Å². The summed E-state index contributed by atoms with van der Waals surface area (Å²) in [5, 5.41) is 0. The number of ketones is 1. The Morgan fingerprint density at radius 1 is 1.23 bits per heavy atom. The summed E-state index contributed by atoms with van der Waals surface area (Å²) in [5.41, 5.74) is 0.436. The molecule has 0 radical (unpaired) electrons. The highest BCUT2D eigenvalue weighted by Gasteiger charge is 2.54. The van der Waals surface area contributed by atoms with Gasteiger partial charge in [-0.3, -0.25) is 4.79 Å². The lowest BCUT2D eigenvalue weighted by molar-refractivity contribution is -0.118. The predicted molar refractivity (Wildman–Crippen MR) is 51.3 cm³/mol. The zero-order valence-electron chi connectivity index (χ0n) is 7.96. The highest BCUT2D eigenvalue weighted by molar-refractivity contribution is 5.82. The third-order valence-electron chi connectivity index (χ3n) is 4.58. The maximum absolute atomic E-state index is 11.5. The van der Waals surface area contributed by atoms with E-state index in [0.717, 1.165) is 24.7 Å². The molecule has 0 bridgehead atoms. The molecule has 0 aromatic heterocycles. The first-order valence-electron chi connectivity index (χ1n) is 5.48. The highest BCUT2D eigenvalue weighted by atomic mass is 16.1. The van der Waals surface area contributed by atoms with Crippen molar-refractivity contribution in [1.82, 2.24) is 0 Å². The van der Waals surface area contributed by atoms with E-state index < -0.39 is 0 Å². The molecule has 70 valence electrons. The van der Waals surface area contributed by atoms with Gasteiger partial charge >= 0.3 is 0 Å². The molecule has 1 nitrogen and oxygen atoms in total. The van der Waals surface area contributed by atoms with Gasteiger partial charge in [-0.1, -0.05) is 12.2 Å². The summed E-state index contributed by atoms with van der Waals surface area (Å²) in [4.78, 5) is 11.5. The van der Waals surface area contributed by atoms with Crippen molar-refractivity contribution in [3.05, 3.63) is 12.2 Å². The molecule has 0 aromatic carbocycles. The van der Waals surface area contributed by atoms with Crippen molar-refractivity contribution in [2.45, 2.75) is 38.5 Å². The zero-order valence-corrected chi connectivity index (χ0v) is 7.96. The third kappa shape index (κ3) is 0.905. The Kier molecular flexibility index (Phi) is 1.47. The molecular weight excluding hydrogens is 160 g/mol. The minimum Gasteiger partial charge on any atom is -0.300 e. The van der Waals surface area contributed by atoms with E-state index in [0.29, 0.717) is 11.2 Å². The Morgan fingerprint density at radius 3 is 3.00 bits per heavy atom. The number of carbonyl (C=O) groups is 1. The van der Waals surface area contributed by atoms with Crippen LogP contribution in [0.1, 0.15) is 38.5 Å². The summed E-state index contributed by atoms with van der Waals surface area (Å²) >= 11 is 0. The maximum Gasteiger partial charge on any atom is 0.133 e. The van der Waals surface area contributed by atoms with Gasteiger partial charge in [0.2, 0.25) is 0 Å². The van der Waals surface area contributed by atoms with Crippen molar-refractivity contribution < 1.29 is 4.79 Å². The maximum atomic E-state index is 11.5. The fourth-order valence-corrected chi connectivity index (χ4v) is 3.94. The molecule has 0 heterocycles. The van der Waals surface area contributed by atoms with Crippen molar-refractivity contribution in [2.24, 2.45) is 17.3 Å². The fraction of sp³-hybridized carbons (Fsp3) is 0.750. The summed E-state index contributed by atoms with van der Waals surface area (Å²) in [5.74, 6) is 2.12. The van der Waals surface area contributed by atoms with Crippen molar-refractivity contribution in [2.75, 3.05) is 0 Å². The first-order chi connectivity index (χ1) is 6.31.